The van der Waals surface area contributed by atoms with E-state index >= 15 is 0 Å². The molecule has 1 saturated heterocycles. The van der Waals surface area contributed by atoms with Gasteiger partial charge in [-0.15, -0.1) is 0 Å². The van der Waals surface area contributed by atoms with Crippen molar-refractivity contribution in [2.24, 2.45) is 11.3 Å². The van der Waals surface area contributed by atoms with E-state index in [9.17, 15) is 18.0 Å². The predicted molar refractivity (Wildman–Crippen MR) is 110 cm³/mol. The minimum Gasteiger partial charge on any atom is -0.475 e. The molecule has 0 bridgehead atoms. The van der Waals surface area contributed by atoms with Gasteiger partial charge < -0.3 is 19.6 Å². The van der Waals surface area contributed by atoms with Crippen molar-refractivity contribution in [1.29, 1.82) is 0 Å². The van der Waals surface area contributed by atoms with Gasteiger partial charge in [-0.25, -0.2) is 4.79 Å². The summed E-state index contributed by atoms with van der Waals surface area (Å²) in [6, 6.07) is 10.7. The fourth-order valence-electron chi connectivity index (χ4n) is 4.33. The smallest absolute Gasteiger partial charge is 0.475 e. The monoisotopic (exact) mass is 444 g/mol. The largest absolute Gasteiger partial charge is 0.490 e. The van der Waals surface area contributed by atoms with E-state index in [0.717, 1.165) is 32.0 Å². The molecule has 174 valence electrons. The van der Waals surface area contributed by atoms with Crippen molar-refractivity contribution in [2.45, 2.75) is 31.9 Å². The SMILES string of the molecule is CN(C)C(=O)COC[C@@]12CCC[C@@H]1CN(CCc1ccccc1)C2.O=C(O)C(F)(F)F. The Balaban J connectivity index is 0.000000423. The summed E-state index contributed by atoms with van der Waals surface area (Å²) in [4.78, 5) is 24.8. The Morgan fingerprint density at radius 3 is 2.48 bits per heavy atom. The number of aliphatic carboxylic acids is 1. The lowest BCUT2D eigenvalue weighted by atomic mass is 9.81. The standard InChI is InChI=1S/C20H30N2O2.C2HF3O2/c1-21(2)19(23)14-24-16-20-11-6-9-18(20)13-22(15-20)12-10-17-7-4-3-5-8-17;3-2(4,5)1(6)7/h3-5,7-8,18H,6,9-16H2,1-2H3;(H,6,7)/t18-,20+;/m1./s1. The zero-order chi connectivity index (χ0) is 23.1. The van der Waals surface area contributed by atoms with Gasteiger partial charge in [-0.2, -0.15) is 13.2 Å². The highest BCUT2D eigenvalue weighted by atomic mass is 19.4. The lowest BCUT2D eigenvalue weighted by molar-refractivity contribution is -0.192. The van der Waals surface area contributed by atoms with Crippen molar-refractivity contribution in [1.82, 2.24) is 9.80 Å². The average Bonchev–Trinajstić information content (AvgIpc) is 3.23. The lowest BCUT2D eigenvalue weighted by Crippen LogP contribution is -2.35. The number of carboxylic acids is 1. The normalized spacial score (nSPS) is 23.1. The minimum atomic E-state index is -5.08. The Hall–Kier alpha value is -2.13. The Labute approximate surface area is 181 Å². The molecule has 6 nitrogen and oxygen atoms in total. The van der Waals surface area contributed by atoms with Crippen LogP contribution in [0.2, 0.25) is 0 Å². The number of likely N-dealkylation sites (N-methyl/N-ethyl adjacent to an activating group) is 1. The first-order valence-corrected chi connectivity index (χ1v) is 10.4. The van der Waals surface area contributed by atoms with Gasteiger partial charge in [0.1, 0.15) is 6.61 Å². The number of alkyl halides is 3. The third kappa shape index (κ3) is 7.50. The maximum absolute atomic E-state index is 11.7. The molecule has 1 aliphatic carbocycles. The van der Waals surface area contributed by atoms with Crippen LogP contribution in [0.25, 0.3) is 0 Å². The van der Waals surface area contributed by atoms with Crippen LogP contribution in [-0.4, -0.2) is 79.9 Å². The molecule has 1 heterocycles. The van der Waals surface area contributed by atoms with Gasteiger partial charge in [0.05, 0.1) is 6.61 Å². The van der Waals surface area contributed by atoms with E-state index in [2.05, 4.69) is 35.2 Å². The molecule has 1 aliphatic heterocycles. The number of ether oxygens (including phenoxy) is 1. The first-order valence-electron chi connectivity index (χ1n) is 10.4. The number of nitrogens with zero attached hydrogens (tertiary/aromatic N) is 2. The van der Waals surface area contributed by atoms with Crippen LogP contribution in [0.15, 0.2) is 30.3 Å². The topological polar surface area (TPSA) is 70.1 Å². The Bertz CT molecular complexity index is 727. The van der Waals surface area contributed by atoms with Crippen LogP contribution in [-0.2, 0) is 20.7 Å². The van der Waals surface area contributed by atoms with E-state index in [1.807, 2.05) is 0 Å². The summed E-state index contributed by atoms with van der Waals surface area (Å²) in [5.41, 5.74) is 1.69. The van der Waals surface area contributed by atoms with Crippen LogP contribution in [0.4, 0.5) is 13.2 Å². The molecule has 0 spiro atoms. The van der Waals surface area contributed by atoms with Crippen molar-refractivity contribution in [3.63, 3.8) is 0 Å². The number of hydrogen-bond acceptors (Lipinski definition) is 4. The van der Waals surface area contributed by atoms with Crippen LogP contribution in [0.5, 0.6) is 0 Å². The first-order chi connectivity index (χ1) is 14.5. The number of fused-ring (bicyclic) bond motifs is 1. The maximum atomic E-state index is 11.7. The second-order valence-corrected chi connectivity index (χ2v) is 8.51. The highest BCUT2D eigenvalue weighted by molar-refractivity contribution is 5.76. The summed E-state index contributed by atoms with van der Waals surface area (Å²) in [5, 5.41) is 7.12. The van der Waals surface area contributed by atoms with Gasteiger partial charge in [-0.3, -0.25) is 4.79 Å². The van der Waals surface area contributed by atoms with E-state index < -0.39 is 12.1 Å². The van der Waals surface area contributed by atoms with Crippen molar-refractivity contribution in [2.75, 3.05) is 46.9 Å². The van der Waals surface area contributed by atoms with Crippen LogP contribution >= 0.6 is 0 Å². The van der Waals surface area contributed by atoms with Crippen molar-refractivity contribution in [3.8, 4) is 0 Å². The molecule has 1 amide bonds. The van der Waals surface area contributed by atoms with Gasteiger partial charge in [0, 0.05) is 39.1 Å². The zero-order valence-electron chi connectivity index (χ0n) is 18.0. The number of halogens is 3. The molecule has 1 N–H and O–H groups in total. The number of likely N-dealkylation sites (tertiary alicyclic amines) is 1. The van der Waals surface area contributed by atoms with E-state index in [1.165, 1.54) is 31.4 Å². The molecule has 1 aromatic carbocycles. The second-order valence-electron chi connectivity index (χ2n) is 8.51. The minimum absolute atomic E-state index is 0.0554. The summed E-state index contributed by atoms with van der Waals surface area (Å²) in [6.45, 7) is 4.39. The van der Waals surface area contributed by atoms with Gasteiger partial charge in [0.2, 0.25) is 5.91 Å². The highest BCUT2D eigenvalue weighted by Crippen LogP contribution is 2.48. The second kappa shape index (κ2) is 10.9. The summed E-state index contributed by atoms with van der Waals surface area (Å²) < 4.78 is 37.6. The predicted octanol–water partition coefficient (Wildman–Crippen LogP) is 3.07. The molecule has 9 heteroatoms. The zero-order valence-corrected chi connectivity index (χ0v) is 18.0. The van der Waals surface area contributed by atoms with Crippen LogP contribution in [0.1, 0.15) is 24.8 Å². The third-order valence-electron chi connectivity index (χ3n) is 6.03. The van der Waals surface area contributed by atoms with E-state index in [-0.39, 0.29) is 17.9 Å². The van der Waals surface area contributed by atoms with Crippen molar-refractivity contribution < 1.29 is 32.6 Å². The summed E-state index contributed by atoms with van der Waals surface area (Å²) in [5.74, 6) is -1.96. The molecule has 31 heavy (non-hydrogen) atoms. The van der Waals surface area contributed by atoms with Crippen LogP contribution in [0.3, 0.4) is 0 Å². The molecular weight excluding hydrogens is 413 g/mol. The Morgan fingerprint density at radius 1 is 1.26 bits per heavy atom. The summed E-state index contributed by atoms with van der Waals surface area (Å²) in [7, 11) is 3.56. The average molecular weight is 444 g/mol. The number of carbonyl (C=O) groups excluding carboxylic acids is 1. The Kier molecular flexibility index (Phi) is 8.88. The molecule has 2 aliphatic rings. The molecule has 1 saturated carbocycles. The van der Waals surface area contributed by atoms with Gasteiger partial charge in [-0.1, -0.05) is 36.8 Å². The van der Waals surface area contributed by atoms with Crippen LogP contribution < -0.4 is 0 Å². The van der Waals surface area contributed by atoms with E-state index in [1.54, 1.807) is 19.0 Å². The molecule has 2 atom stereocenters. The van der Waals surface area contributed by atoms with Crippen molar-refractivity contribution >= 4 is 11.9 Å². The number of rotatable bonds is 7. The molecule has 2 fully saturated rings. The third-order valence-corrected chi connectivity index (χ3v) is 6.03. The number of carboxylic acid groups (broad SMARTS) is 1. The maximum Gasteiger partial charge on any atom is 0.490 e. The highest BCUT2D eigenvalue weighted by Gasteiger charge is 2.49. The number of hydrogen-bond donors (Lipinski definition) is 1. The molecule has 0 unspecified atom stereocenters. The summed E-state index contributed by atoms with van der Waals surface area (Å²) >= 11 is 0. The number of carbonyl (C=O) groups is 2. The van der Waals surface area contributed by atoms with Gasteiger partial charge >= 0.3 is 12.1 Å². The molecule has 1 aromatic rings. The van der Waals surface area contributed by atoms with E-state index in [0.29, 0.717) is 0 Å². The number of benzene rings is 1. The van der Waals surface area contributed by atoms with Gasteiger partial charge in [-0.05, 0) is 30.7 Å². The van der Waals surface area contributed by atoms with Crippen molar-refractivity contribution in [3.05, 3.63) is 35.9 Å². The molecule has 3 rings (SSSR count). The van der Waals surface area contributed by atoms with Gasteiger partial charge in [0.25, 0.3) is 0 Å². The first kappa shape index (κ1) is 25.1. The summed E-state index contributed by atoms with van der Waals surface area (Å²) in [6.07, 6.45) is -0.103. The Morgan fingerprint density at radius 2 is 1.90 bits per heavy atom. The molecule has 0 radical (unpaired) electrons. The molecular formula is C22H31F3N2O4. The van der Waals surface area contributed by atoms with Gasteiger partial charge in [0.15, 0.2) is 0 Å². The lowest BCUT2D eigenvalue weighted by Gasteiger charge is -2.29. The molecule has 0 aromatic heterocycles. The van der Waals surface area contributed by atoms with Crippen LogP contribution in [0, 0.1) is 11.3 Å². The number of amides is 1. The quantitative estimate of drug-likeness (QED) is 0.700. The fraction of sp³-hybridized carbons (Fsp3) is 0.636. The fourth-order valence-corrected chi connectivity index (χ4v) is 4.33. The van der Waals surface area contributed by atoms with E-state index in [4.69, 9.17) is 14.6 Å².